The molecule has 0 fully saturated rings. The SMILES string of the molecule is Nc1cc(C(=O)Cc2ccncc2)nc2ccccc12. The molecular formula is C16H13N3O. The number of Topliss-reactive ketones (excluding diaryl/α,β-unsaturated/α-hetero) is 1. The number of hydrogen-bond acceptors (Lipinski definition) is 4. The highest BCUT2D eigenvalue weighted by Crippen LogP contribution is 2.20. The minimum Gasteiger partial charge on any atom is -0.398 e. The third-order valence-corrected chi connectivity index (χ3v) is 3.15. The number of rotatable bonds is 3. The normalized spacial score (nSPS) is 10.6. The molecule has 2 N–H and O–H groups in total. The number of nitrogens with zero attached hydrogens (tertiary/aromatic N) is 2. The van der Waals surface area contributed by atoms with Crippen molar-refractivity contribution in [3.63, 3.8) is 0 Å². The first-order chi connectivity index (χ1) is 9.74. The first kappa shape index (κ1) is 12.3. The van der Waals surface area contributed by atoms with Gasteiger partial charge >= 0.3 is 0 Å². The predicted molar refractivity (Wildman–Crippen MR) is 78.4 cm³/mol. The van der Waals surface area contributed by atoms with Crippen molar-refractivity contribution in [2.75, 3.05) is 5.73 Å². The topological polar surface area (TPSA) is 68.9 Å². The number of carbonyl (C=O) groups excluding carboxylic acids is 1. The summed E-state index contributed by atoms with van der Waals surface area (Å²) in [7, 11) is 0. The van der Waals surface area contributed by atoms with E-state index in [9.17, 15) is 4.79 Å². The van der Waals surface area contributed by atoms with Crippen LogP contribution in [0.25, 0.3) is 10.9 Å². The van der Waals surface area contributed by atoms with Gasteiger partial charge in [0.05, 0.1) is 5.52 Å². The molecule has 3 rings (SSSR count). The van der Waals surface area contributed by atoms with Crippen molar-refractivity contribution in [2.45, 2.75) is 6.42 Å². The van der Waals surface area contributed by atoms with Gasteiger partial charge in [-0.2, -0.15) is 0 Å². The number of fused-ring (bicyclic) bond motifs is 1. The summed E-state index contributed by atoms with van der Waals surface area (Å²) >= 11 is 0. The summed E-state index contributed by atoms with van der Waals surface area (Å²) in [5.41, 5.74) is 8.62. The molecule has 0 radical (unpaired) electrons. The molecule has 0 aliphatic heterocycles. The van der Waals surface area contributed by atoms with E-state index in [0.717, 1.165) is 16.5 Å². The maximum atomic E-state index is 12.3. The van der Waals surface area contributed by atoms with Crippen LogP contribution in [-0.2, 0) is 6.42 Å². The summed E-state index contributed by atoms with van der Waals surface area (Å²) in [6, 6.07) is 12.8. The molecule has 2 heterocycles. The summed E-state index contributed by atoms with van der Waals surface area (Å²) in [6.45, 7) is 0. The largest absolute Gasteiger partial charge is 0.398 e. The maximum absolute atomic E-state index is 12.3. The van der Waals surface area contributed by atoms with Crippen molar-refractivity contribution in [3.8, 4) is 0 Å². The number of para-hydroxylation sites is 1. The van der Waals surface area contributed by atoms with E-state index < -0.39 is 0 Å². The lowest BCUT2D eigenvalue weighted by Gasteiger charge is -2.05. The van der Waals surface area contributed by atoms with Crippen LogP contribution >= 0.6 is 0 Å². The third kappa shape index (κ3) is 2.36. The highest BCUT2D eigenvalue weighted by atomic mass is 16.1. The Labute approximate surface area is 116 Å². The molecular weight excluding hydrogens is 250 g/mol. The van der Waals surface area contributed by atoms with Crippen LogP contribution in [0.4, 0.5) is 5.69 Å². The van der Waals surface area contributed by atoms with Crippen LogP contribution in [0.3, 0.4) is 0 Å². The summed E-state index contributed by atoms with van der Waals surface area (Å²) in [6.07, 6.45) is 3.64. The third-order valence-electron chi connectivity index (χ3n) is 3.15. The van der Waals surface area contributed by atoms with E-state index in [1.54, 1.807) is 18.5 Å². The molecule has 0 bridgehead atoms. The number of hydrogen-bond donors (Lipinski definition) is 1. The van der Waals surface area contributed by atoms with Crippen molar-refractivity contribution in [3.05, 3.63) is 66.1 Å². The van der Waals surface area contributed by atoms with Gasteiger partial charge in [0.25, 0.3) is 0 Å². The van der Waals surface area contributed by atoms with Gasteiger partial charge in [-0.1, -0.05) is 18.2 Å². The summed E-state index contributed by atoms with van der Waals surface area (Å²) in [5, 5.41) is 0.868. The van der Waals surface area contributed by atoms with Gasteiger partial charge in [-0.25, -0.2) is 4.98 Å². The molecule has 3 aromatic rings. The second-order valence-electron chi connectivity index (χ2n) is 4.57. The van der Waals surface area contributed by atoms with Crippen molar-refractivity contribution in [1.82, 2.24) is 9.97 Å². The molecule has 98 valence electrons. The second kappa shape index (κ2) is 5.09. The quantitative estimate of drug-likeness (QED) is 0.737. The van der Waals surface area contributed by atoms with Crippen LogP contribution in [0.2, 0.25) is 0 Å². The van der Waals surface area contributed by atoms with Crippen LogP contribution in [0, 0.1) is 0 Å². The van der Waals surface area contributed by atoms with Crippen LogP contribution in [0.5, 0.6) is 0 Å². The molecule has 20 heavy (non-hydrogen) atoms. The molecule has 4 nitrogen and oxygen atoms in total. The van der Waals surface area contributed by atoms with E-state index in [4.69, 9.17) is 5.73 Å². The van der Waals surface area contributed by atoms with E-state index in [1.165, 1.54) is 0 Å². The first-order valence-corrected chi connectivity index (χ1v) is 6.31. The fraction of sp³-hybridized carbons (Fsp3) is 0.0625. The lowest BCUT2D eigenvalue weighted by molar-refractivity contribution is 0.0988. The van der Waals surface area contributed by atoms with E-state index in [2.05, 4.69) is 9.97 Å². The Kier molecular flexibility index (Phi) is 3.13. The van der Waals surface area contributed by atoms with Crippen LogP contribution in [-0.4, -0.2) is 15.8 Å². The summed E-state index contributed by atoms with van der Waals surface area (Å²) in [5.74, 6) is -0.0475. The average molecular weight is 263 g/mol. The molecule has 2 aromatic heterocycles. The Balaban J connectivity index is 1.96. The number of aromatic nitrogens is 2. The smallest absolute Gasteiger partial charge is 0.185 e. The zero-order valence-electron chi connectivity index (χ0n) is 10.8. The monoisotopic (exact) mass is 263 g/mol. The van der Waals surface area contributed by atoms with Crippen LogP contribution in [0.15, 0.2) is 54.9 Å². The van der Waals surface area contributed by atoms with Crippen molar-refractivity contribution >= 4 is 22.4 Å². The lowest BCUT2D eigenvalue weighted by atomic mass is 10.1. The van der Waals surface area contributed by atoms with Gasteiger partial charge in [-0.3, -0.25) is 9.78 Å². The molecule has 0 amide bonds. The fourth-order valence-corrected chi connectivity index (χ4v) is 2.12. The van der Waals surface area contributed by atoms with Crippen molar-refractivity contribution in [2.24, 2.45) is 0 Å². The van der Waals surface area contributed by atoms with Gasteiger partial charge in [0.2, 0.25) is 0 Å². The van der Waals surface area contributed by atoms with Gasteiger partial charge in [-0.05, 0) is 29.8 Å². The number of nitrogens with two attached hydrogens (primary N) is 1. The average Bonchev–Trinajstić information content (AvgIpc) is 2.48. The Morgan fingerprint density at radius 1 is 1.10 bits per heavy atom. The van der Waals surface area contributed by atoms with Crippen molar-refractivity contribution < 1.29 is 4.79 Å². The molecule has 0 aliphatic carbocycles. The van der Waals surface area contributed by atoms with Gasteiger partial charge in [0.1, 0.15) is 5.69 Å². The number of pyridine rings is 2. The van der Waals surface area contributed by atoms with Crippen LogP contribution in [0.1, 0.15) is 16.1 Å². The number of carbonyl (C=O) groups is 1. The van der Waals surface area contributed by atoms with E-state index in [1.807, 2.05) is 36.4 Å². The maximum Gasteiger partial charge on any atom is 0.185 e. The first-order valence-electron chi connectivity index (χ1n) is 6.31. The molecule has 0 saturated carbocycles. The minimum absolute atomic E-state index is 0.0475. The predicted octanol–water partition coefficient (Wildman–Crippen LogP) is 2.64. The van der Waals surface area contributed by atoms with Gasteiger partial charge in [0.15, 0.2) is 5.78 Å². The van der Waals surface area contributed by atoms with Gasteiger partial charge < -0.3 is 5.73 Å². The molecule has 0 aliphatic rings. The van der Waals surface area contributed by atoms with Gasteiger partial charge in [-0.15, -0.1) is 0 Å². The Morgan fingerprint density at radius 3 is 2.65 bits per heavy atom. The van der Waals surface area contributed by atoms with Crippen molar-refractivity contribution in [1.29, 1.82) is 0 Å². The lowest BCUT2D eigenvalue weighted by Crippen LogP contribution is -2.07. The number of ketones is 1. The Bertz CT molecular complexity index is 769. The standard InChI is InChI=1S/C16H13N3O/c17-13-10-15(19-14-4-2-1-3-12(13)14)16(20)9-11-5-7-18-8-6-11/h1-8,10H,9H2,(H2,17,19). The number of anilines is 1. The molecule has 0 saturated heterocycles. The summed E-state index contributed by atoms with van der Waals surface area (Å²) < 4.78 is 0. The molecule has 0 unspecified atom stereocenters. The zero-order chi connectivity index (χ0) is 13.9. The fourth-order valence-electron chi connectivity index (χ4n) is 2.12. The van der Waals surface area contributed by atoms with E-state index >= 15 is 0 Å². The Hall–Kier alpha value is -2.75. The van der Waals surface area contributed by atoms with Gasteiger partial charge in [0, 0.05) is 29.9 Å². The van der Waals surface area contributed by atoms with Crippen LogP contribution < -0.4 is 5.73 Å². The Morgan fingerprint density at radius 2 is 1.85 bits per heavy atom. The molecule has 4 heteroatoms. The number of benzene rings is 1. The number of nitrogen functional groups attached to an aromatic ring is 1. The van der Waals surface area contributed by atoms with E-state index in [0.29, 0.717) is 17.8 Å². The highest BCUT2D eigenvalue weighted by molar-refractivity contribution is 6.01. The van der Waals surface area contributed by atoms with E-state index in [-0.39, 0.29) is 5.78 Å². The minimum atomic E-state index is -0.0475. The highest BCUT2D eigenvalue weighted by Gasteiger charge is 2.11. The molecule has 0 atom stereocenters. The second-order valence-corrected chi connectivity index (χ2v) is 4.57. The zero-order valence-corrected chi connectivity index (χ0v) is 10.8. The molecule has 1 aromatic carbocycles. The summed E-state index contributed by atoms with van der Waals surface area (Å²) in [4.78, 5) is 20.6. The molecule has 0 spiro atoms.